The van der Waals surface area contributed by atoms with Crippen molar-refractivity contribution >= 4 is 37.7 Å². The highest BCUT2D eigenvalue weighted by Crippen LogP contribution is 2.26. The molecule has 1 aromatic carbocycles. The van der Waals surface area contributed by atoms with Gasteiger partial charge in [0.15, 0.2) is 0 Å². The van der Waals surface area contributed by atoms with Crippen LogP contribution in [0.1, 0.15) is 22.5 Å². The van der Waals surface area contributed by atoms with E-state index in [4.69, 9.17) is 0 Å². The van der Waals surface area contributed by atoms with Gasteiger partial charge >= 0.3 is 0 Å². The lowest BCUT2D eigenvalue weighted by atomic mass is 10.0. The van der Waals surface area contributed by atoms with Crippen LogP contribution in [-0.4, -0.2) is 50.7 Å². The van der Waals surface area contributed by atoms with Crippen LogP contribution in [0.3, 0.4) is 0 Å². The molecule has 25 heavy (non-hydrogen) atoms. The Bertz CT molecular complexity index is 948. The zero-order chi connectivity index (χ0) is 18.0. The highest BCUT2D eigenvalue weighted by atomic mass is 32.2. The Morgan fingerprint density at radius 3 is 2.92 bits per heavy atom. The van der Waals surface area contributed by atoms with Gasteiger partial charge in [-0.1, -0.05) is 18.2 Å². The molecule has 0 unspecified atom stereocenters. The van der Waals surface area contributed by atoms with Gasteiger partial charge in [-0.15, -0.1) is 11.3 Å². The van der Waals surface area contributed by atoms with Gasteiger partial charge in [0, 0.05) is 40.7 Å². The van der Waals surface area contributed by atoms with E-state index < -0.39 is 9.73 Å². The quantitative estimate of drug-likeness (QED) is 0.891. The summed E-state index contributed by atoms with van der Waals surface area (Å²) in [6, 6.07) is 7.01. The van der Waals surface area contributed by atoms with Crippen LogP contribution in [0.5, 0.6) is 5.75 Å². The second-order valence-electron chi connectivity index (χ2n) is 6.08. The van der Waals surface area contributed by atoms with Gasteiger partial charge in [-0.3, -0.25) is 4.79 Å². The predicted molar refractivity (Wildman–Crippen MR) is 101 cm³/mol. The van der Waals surface area contributed by atoms with Gasteiger partial charge in [-0.2, -0.15) is 4.36 Å². The molecule has 0 spiro atoms. The number of nitrogens with zero attached hydrogens (tertiary/aromatic N) is 3. The number of amides is 1. The topological polar surface area (TPSA) is 82.9 Å². The van der Waals surface area contributed by atoms with Crippen molar-refractivity contribution in [2.75, 3.05) is 25.6 Å². The second-order valence-corrected chi connectivity index (χ2v) is 9.46. The molecule has 8 heteroatoms. The third-order valence-corrected chi connectivity index (χ3v) is 5.13. The zero-order valence-electron chi connectivity index (χ0n) is 14.0. The first kappa shape index (κ1) is 17.6. The molecule has 0 radical (unpaired) electrons. The first-order chi connectivity index (χ1) is 11.8. The summed E-state index contributed by atoms with van der Waals surface area (Å²) >= 11 is 1.22. The molecule has 2 aromatic rings. The summed E-state index contributed by atoms with van der Waals surface area (Å²) in [6.45, 7) is 1.08. The molecule has 0 atom stereocenters. The Labute approximate surface area is 151 Å². The van der Waals surface area contributed by atoms with Gasteiger partial charge in [0.25, 0.3) is 5.91 Å². The first-order valence-corrected chi connectivity index (χ1v) is 10.9. The molecule has 0 saturated heterocycles. The van der Waals surface area contributed by atoms with Gasteiger partial charge < -0.3 is 10.0 Å². The van der Waals surface area contributed by atoms with Crippen LogP contribution < -0.4 is 0 Å². The summed E-state index contributed by atoms with van der Waals surface area (Å²) in [5.74, 6) is 0.0393. The average molecular weight is 377 g/mol. The van der Waals surface area contributed by atoms with Crippen molar-refractivity contribution in [3.63, 3.8) is 0 Å². The maximum absolute atomic E-state index is 12.7. The molecule has 6 nitrogen and oxygen atoms in total. The number of benzene rings is 1. The third-order valence-electron chi connectivity index (χ3n) is 3.66. The normalized spacial score (nSPS) is 15.0. The number of rotatable bonds is 3. The van der Waals surface area contributed by atoms with E-state index in [-0.39, 0.29) is 11.7 Å². The molecule has 1 N–H and O–H groups in total. The van der Waals surface area contributed by atoms with E-state index >= 15 is 0 Å². The Hall–Kier alpha value is -2.19. The van der Waals surface area contributed by atoms with E-state index in [2.05, 4.69) is 15.4 Å². The van der Waals surface area contributed by atoms with Crippen molar-refractivity contribution in [2.45, 2.75) is 6.42 Å². The highest BCUT2D eigenvalue weighted by molar-refractivity contribution is 7.92. The summed E-state index contributed by atoms with van der Waals surface area (Å²) in [6.07, 6.45) is 5.90. The number of carbonyl (C=O) groups is 1. The monoisotopic (exact) mass is 377 g/mol. The number of aromatic nitrogens is 1. The molecule has 1 aliphatic heterocycles. The lowest BCUT2D eigenvalue weighted by Crippen LogP contribution is -2.35. The van der Waals surface area contributed by atoms with Crippen LogP contribution in [0.25, 0.3) is 5.57 Å². The van der Waals surface area contributed by atoms with Gasteiger partial charge in [-0.25, -0.2) is 9.19 Å². The van der Waals surface area contributed by atoms with E-state index in [1.807, 2.05) is 6.07 Å². The Balaban J connectivity index is 1.78. The van der Waals surface area contributed by atoms with E-state index in [0.29, 0.717) is 23.9 Å². The number of aromatic hydroxyl groups is 1. The largest absolute Gasteiger partial charge is 0.508 e. The van der Waals surface area contributed by atoms with Gasteiger partial charge in [0.05, 0.1) is 0 Å². The molecule has 1 aliphatic rings. The van der Waals surface area contributed by atoms with Crippen molar-refractivity contribution in [3.05, 3.63) is 47.0 Å². The first-order valence-electron chi connectivity index (χ1n) is 7.72. The fraction of sp³-hybridized carbons (Fsp3) is 0.294. The zero-order valence-corrected chi connectivity index (χ0v) is 15.6. The van der Waals surface area contributed by atoms with Crippen LogP contribution in [0.2, 0.25) is 0 Å². The van der Waals surface area contributed by atoms with Crippen molar-refractivity contribution in [1.29, 1.82) is 0 Å². The molecular weight excluding hydrogens is 358 g/mol. The molecule has 0 fully saturated rings. The Morgan fingerprint density at radius 2 is 2.20 bits per heavy atom. The van der Waals surface area contributed by atoms with Crippen molar-refractivity contribution < 1.29 is 14.1 Å². The summed E-state index contributed by atoms with van der Waals surface area (Å²) in [7, 11) is -2.30. The Morgan fingerprint density at radius 1 is 1.40 bits per heavy atom. The molecule has 3 rings (SSSR count). The standard InChI is InChI=1S/C17H19N3O3S2/c1-25(2,23)19-17-18-15(11-24-17)16(22)20-8-4-6-13(10-20)12-5-3-7-14(21)9-12/h3,5-7,9,11,21H,4,8,10H2,1-2H3. The minimum Gasteiger partial charge on any atom is -0.508 e. The van der Waals surface area contributed by atoms with Crippen LogP contribution in [0.15, 0.2) is 40.1 Å². The number of phenolic OH excluding ortho intramolecular Hbond substituents is 1. The minimum atomic E-state index is -2.30. The summed E-state index contributed by atoms with van der Waals surface area (Å²) in [5, 5.41) is 11.7. The lowest BCUT2D eigenvalue weighted by Gasteiger charge is -2.27. The number of hydrogen-bond acceptors (Lipinski definition) is 6. The van der Waals surface area contributed by atoms with Crippen LogP contribution in [0, 0.1) is 0 Å². The number of thiazole rings is 1. The Kier molecular flexibility index (Phi) is 4.91. The molecule has 1 aromatic heterocycles. The predicted octanol–water partition coefficient (Wildman–Crippen LogP) is 3.14. The van der Waals surface area contributed by atoms with Crippen molar-refractivity contribution in [1.82, 2.24) is 9.88 Å². The molecular formula is C17H19N3O3S2. The average Bonchev–Trinajstić information content (AvgIpc) is 3.01. The summed E-state index contributed by atoms with van der Waals surface area (Å²) in [4.78, 5) is 18.6. The van der Waals surface area contributed by atoms with Gasteiger partial charge in [0.1, 0.15) is 11.4 Å². The fourth-order valence-corrected chi connectivity index (χ4v) is 4.24. The smallest absolute Gasteiger partial charge is 0.273 e. The summed E-state index contributed by atoms with van der Waals surface area (Å²) in [5.41, 5.74) is 2.23. The minimum absolute atomic E-state index is 0.165. The SMILES string of the molecule is CS(C)(=O)=Nc1nc(C(=O)N2CCC=C(c3cccc(O)c3)C2)cs1. The molecule has 2 heterocycles. The highest BCUT2D eigenvalue weighted by Gasteiger charge is 2.22. The van der Waals surface area contributed by atoms with Crippen LogP contribution in [-0.2, 0) is 9.73 Å². The van der Waals surface area contributed by atoms with E-state index in [1.54, 1.807) is 28.5 Å². The van der Waals surface area contributed by atoms with Crippen molar-refractivity contribution in [3.8, 4) is 5.75 Å². The van der Waals surface area contributed by atoms with Crippen molar-refractivity contribution in [2.24, 2.45) is 4.36 Å². The van der Waals surface area contributed by atoms with Gasteiger partial charge in [-0.05, 0) is 29.7 Å². The van der Waals surface area contributed by atoms with E-state index in [9.17, 15) is 14.1 Å². The van der Waals surface area contributed by atoms with E-state index in [0.717, 1.165) is 17.6 Å². The maximum atomic E-state index is 12.7. The number of carbonyl (C=O) groups excluding carboxylic acids is 1. The fourth-order valence-electron chi connectivity index (χ4n) is 2.59. The van der Waals surface area contributed by atoms with Crippen LogP contribution >= 0.6 is 11.3 Å². The number of phenols is 1. The molecule has 0 aliphatic carbocycles. The van der Waals surface area contributed by atoms with E-state index in [1.165, 1.54) is 23.8 Å². The van der Waals surface area contributed by atoms with Crippen LogP contribution in [0.4, 0.5) is 5.13 Å². The van der Waals surface area contributed by atoms with Gasteiger partial charge in [0.2, 0.25) is 5.13 Å². The summed E-state index contributed by atoms with van der Waals surface area (Å²) < 4.78 is 15.8. The maximum Gasteiger partial charge on any atom is 0.273 e. The molecule has 132 valence electrons. The second kappa shape index (κ2) is 6.97. The lowest BCUT2D eigenvalue weighted by molar-refractivity contribution is 0.0770. The number of hydrogen-bond donors (Lipinski definition) is 1. The molecule has 0 bridgehead atoms. The third kappa shape index (κ3) is 4.46. The molecule has 0 saturated carbocycles. The molecule has 1 amide bonds.